The van der Waals surface area contributed by atoms with Gasteiger partial charge in [0.05, 0.1) is 0 Å². The number of rotatable bonds is 3. The maximum Gasteiger partial charge on any atom is 0.227 e. The van der Waals surface area contributed by atoms with E-state index in [4.69, 9.17) is 5.73 Å². The summed E-state index contributed by atoms with van der Waals surface area (Å²) >= 11 is 0. The summed E-state index contributed by atoms with van der Waals surface area (Å²) in [6, 6.07) is 1.07. The standard InChI is InChI=1S/C13H15F3N2O/c14-8-4-10(15)12(11(16)5-8)18-13(19)9-3-1-2-7(9)6-17/h4-5,7,9H,1-3,6,17H2,(H,18,19). The molecule has 1 aromatic carbocycles. The minimum absolute atomic E-state index is 0.0339. The third kappa shape index (κ3) is 2.89. The van der Waals surface area contributed by atoms with E-state index in [-0.39, 0.29) is 11.8 Å². The molecule has 6 heteroatoms. The fourth-order valence-electron chi connectivity index (χ4n) is 2.54. The summed E-state index contributed by atoms with van der Waals surface area (Å²) in [6.07, 6.45) is 2.36. The molecule has 1 aliphatic carbocycles. The molecule has 2 rings (SSSR count). The van der Waals surface area contributed by atoms with Crippen molar-refractivity contribution < 1.29 is 18.0 Å². The van der Waals surface area contributed by atoms with Crippen LogP contribution >= 0.6 is 0 Å². The number of hydrogen-bond donors (Lipinski definition) is 2. The first-order chi connectivity index (χ1) is 9.02. The number of carbonyl (C=O) groups excluding carboxylic acids is 1. The van der Waals surface area contributed by atoms with Gasteiger partial charge in [-0.15, -0.1) is 0 Å². The largest absolute Gasteiger partial charge is 0.330 e. The van der Waals surface area contributed by atoms with E-state index in [1.807, 2.05) is 0 Å². The van der Waals surface area contributed by atoms with Crippen molar-refractivity contribution in [1.29, 1.82) is 0 Å². The lowest BCUT2D eigenvalue weighted by atomic mass is 9.95. The number of benzene rings is 1. The van der Waals surface area contributed by atoms with E-state index in [1.165, 1.54) is 0 Å². The Hall–Kier alpha value is -1.56. The van der Waals surface area contributed by atoms with Crippen LogP contribution in [0.4, 0.5) is 18.9 Å². The van der Waals surface area contributed by atoms with Crippen molar-refractivity contribution in [2.45, 2.75) is 19.3 Å². The number of carbonyl (C=O) groups is 1. The van der Waals surface area contributed by atoms with Gasteiger partial charge in [-0.1, -0.05) is 6.42 Å². The zero-order chi connectivity index (χ0) is 14.0. The van der Waals surface area contributed by atoms with E-state index in [9.17, 15) is 18.0 Å². The van der Waals surface area contributed by atoms with Crippen molar-refractivity contribution in [3.8, 4) is 0 Å². The Morgan fingerprint density at radius 3 is 2.47 bits per heavy atom. The number of anilines is 1. The Morgan fingerprint density at radius 1 is 1.26 bits per heavy atom. The van der Waals surface area contributed by atoms with Gasteiger partial charge in [-0.05, 0) is 25.3 Å². The molecule has 1 saturated carbocycles. The average Bonchev–Trinajstić information content (AvgIpc) is 2.81. The van der Waals surface area contributed by atoms with Gasteiger partial charge in [0.1, 0.15) is 11.5 Å². The highest BCUT2D eigenvalue weighted by Gasteiger charge is 2.32. The molecule has 0 aromatic heterocycles. The number of amides is 1. The third-order valence-corrected chi connectivity index (χ3v) is 3.55. The van der Waals surface area contributed by atoms with Crippen molar-refractivity contribution in [2.24, 2.45) is 17.6 Å². The zero-order valence-corrected chi connectivity index (χ0v) is 10.3. The lowest BCUT2D eigenvalue weighted by Gasteiger charge is -2.17. The van der Waals surface area contributed by atoms with Crippen LogP contribution in [0.1, 0.15) is 19.3 Å². The van der Waals surface area contributed by atoms with Gasteiger partial charge in [0.15, 0.2) is 11.6 Å². The third-order valence-electron chi connectivity index (χ3n) is 3.55. The Balaban J connectivity index is 2.15. The van der Waals surface area contributed by atoms with Crippen LogP contribution in [0.5, 0.6) is 0 Å². The van der Waals surface area contributed by atoms with Crippen molar-refractivity contribution in [1.82, 2.24) is 0 Å². The summed E-state index contributed by atoms with van der Waals surface area (Å²) < 4.78 is 39.6. The second kappa shape index (κ2) is 5.61. The smallest absolute Gasteiger partial charge is 0.227 e. The quantitative estimate of drug-likeness (QED) is 0.887. The van der Waals surface area contributed by atoms with E-state index in [0.717, 1.165) is 12.8 Å². The van der Waals surface area contributed by atoms with E-state index >= 15 is 0 Å². The molecule has 0 bridgehead atoms. The van der Waals surface area contributed by atoms with Crippen LogP contribution in [0.15, 0.2) is 12.1 Å². The van der Waals surface area contributed by atoms with E-state index in [1.54, 1.807) is 0 Å². The van der Waals surface area contributed by atoms with Crippen LogP contribution in [-0.4, -0.2) is 12.5 Å². The zero-order valence-electron chi connectivity index (χ0n) is 10.3. The van der Waals surface area contributed by atoms with Gasteiger partial charge in [0, 0.05) is 18.1 Å². The Morgan fingerprint density at radius 2 is 1.89 bits per heavy atom. The summed E-state index contributed by atoms with van der Waals surface area (Å²) in [5.74, 6) is -4.02. The van der Waals surface area contributed by atoms with Crippen molar-refractivity contribution in [3.05, 3.63) is 29.6 Å². The number of hydrogen-bond acceptors (Lipinski definition) is 2. The second-order valence-corrected chi connectivity index (χ2v) is 4.77. The van der Waals surface area contributed by atoms with Crippen LogP contribution in [0.25, 0.3) is 0 Å². The highest BCUT2D eigenvalue weighted by atomic mass is 19.1. The predicted molar refractivity (Wildman–Crippen MR) is 64.8 cm³/mol. The molecule has 1 aromatic rings. The van der Waals surface area contributed by atoms with E-state index in [2.05, 4.69) is 5.32 Å². The molecule has 2 unspecified atom stereocenters. The average molecular weight is 272 g/mol. The molecule has 0 radical (unpaired) electrons. The first-order valence-electron chi connectivity index (χ1n) is 6.18. The Kier molecular flexibility index (Phi) is 4.09. The lowest BCUT2D eigenvalue weighted by molar-refractivity contribution is -0.120. The molecule has 1 fully saturated rings. The van der Waals surface area contributed by atoms with Gasteiger partial charge in [-0.25, -0.2) is 13.2 Å². The highest BCUT2D eigenvalue weighted by molar-refractivity contribution is 5.93. The van der Waals surface area contributed by atoms with Crippen LogP contribution in [0.3, 0.4) is 0 Å². The van der Waals surface area contributed by atoms with Gasteiger partial charge in [0.2, 0.25) is 5.91 Å². The van der Waals surface area contributed by atoms with Crippen LogP contribution in [-0.2, 0) is 4.79 Å². The van der Waals surface area contributed by atoms with Crippen LogP contribution in [0, 0.1) is 29.3 Å². The Labute approximate surface area is 109 Å². The van der Waals surface area contributed by atoms with Crippen molar-refractivity contribution >= 4 is 11.6 Å². The molecule has 1 aliphatic rings. The maximum absolute atomic E-state index is 13.4. The minimum atomic E-state index is -1.12. The van der Waals surface area contributed by atoms with Crippen molar-refractivity contribution in [3.63, 3.8) is 0 Å². The summed E-state index contributed by atoms with van der Waals surface area (Å²) in [4.78, 5) is 12.0. The molecular formula is C13H15F3N2O. The molecule has 1 amide bonds. The van der Waals surface area contributed by atoms with Gasteiger partial charge in [0.25, 0.3) is 0 Å². The van der Waals surface area contributed by atoms with Gasteiger partial charge in [-0.3, -0.25) is 4.79 Å². The molecule has 0 spiro atoms. The molecule has 104 valence electrons. The normalized spacial score (nSPS) is 22.5. The monoisotopic (exact) mass is 272 g/mol. The number of nitrogens with one attached hydrogen (secondary N) is 1. The molecule has 3 N–H and O–H groups in total. The lowest BCUT2D eigenvalue weighted by Crippen LogP contribution is -2.30. The van der Waals surface area contributed by atoms with Crippen LogP contribution < -0.4 is 11.1 Å². The first-order valence-corrected chi connectivity index (χ1v) is 6.18. The van der Waals surface area contributed by atoms with E-state index in [0.29, 0.717) is 25.1 Å². The van der Waals surface area contributed by atoms with Gasteiger partial charge < -0.3 is 11.1 Å². The maximum atomic E-state index is 13.4. The topological polar surface area (TPSA) is 55.1 Å². The second-order valence-electron chi connectivity index (χ2n) is 4.77. The number of nitrogens with two attached hydrogens (primary N) is 1. The Bertz CT molecular complexity index is 470. The number of halogens is 3. The summed E-state index contributed by atoms with van der Waals surface area (Å²) in [7, 11) is 0. The molecule has 0 aliphatic heterocycles. The molecule has 0 saturated heterocycles. The SMILES string of the molecule is NCC1CCCC1C(=O)Nc1c(F)cc(F)cc1F. The summed E-state index contributed by atoms with van der Waals surface area (Å²) in [5.41, 5.74) is 4.95. The molecule has 3 nitrogen and oxygen atoms in total. The molecule has 2 atom stereocenters. The molecule has 19 heavy (non-hydrogen) atoms. The summed E-state index contributed by atoms with van der Waals surface area (Å²) in [5, 5.41) is 2.20. The fraction of sp³-hybridized carbons (Fsp3) is 0.462. The molecular weight excluding hydrogens is 257 g/mol. The molecule has 0 heterocycles. The predicted octanol–water partition coefficient (Wildman–Crippen LogP) is 2.42. The summed E-state index contributed by atoms with van der Waals surface area (Å²) in [6.45, 7) is 0.368. The van der Waals surface area contributed by atoms with Gasteiger partial charge >= 0.3 is 0 Å². The first kappa shape index (κ1) is 13.9. The van der Waals surface area contributed by atoms with Crippen LogP contribution in [0.2, 0.25) is 0 Å². The highest BCUT2D eigenvalue weighted by Crippen LogP contribution is 2.32. The fourth-order valence-corrected chi connectivity index (χ4v) is 2.54. The van der Waals surface area contributed by atoms with E-state index < -0.39 is 29.0 Å². The van der Waals surface area contributed by atoms with Crippen molar-refractivity contribution in [2.75, 3.05) is 11.9 Å². The minimum Gasteiger partial charge on any atom is -0.330 e. The van der Waals surface area contributed by atoms with Gasteiger partial charge in [-0.2, -0.15) is 0 Å².